The highest BCUT2D eigenvalue weighted by atomic mass is 19.1. The molecule has 1 aromatic carbocycles. The quantitative estimate of drug-likeness (QED) is 0.759. The molecule has 0 saturated heterocycles. The second kappa shape index (κ2) is 5.68. The molecule has 0 spiro atoms. The highest BCUT2D eigenvalue weighted by molar-refractivity contribution is 5.46. The summed E-state index contributed by atoms with van der Waals surface area (Å²) in [6.45, 7) is 0.903. The van der Waals surface area contributed by atoms with Crippen molar-refractivity contribution in [1.29, 1.82) is 0 Å². The van der Waals surface area contributed by atoms with Gasteiger partial charge in [-0.25, -0.2) is 4.39 Å². The van der Waals surface area contributed by atoms with E-state index in [1.54, 1.807) is 37.2 Å². The largest absolute Gasteiger partial charge is 0.390 e. The van der Waals surface area contributed by atoms with Crippen LogP contribution >= 0.6 is 0 Å². The molecular formula is C11H17FN2O. The Morgan fingerprint density at radius 1 is 1.47 bits per heavy atom. The predicted molar refractivity (Wildman–Crippen MR) is 59.6 cm³/mol. The van der Waals surface area contributed by atoms with Crippen molar-refractivity contribution in [2.45, 2.75) is 6.10 Å². The van der Waals surface area contributed by atoms with Crippen molar-refractivity contribution in [1.82, 2.24) is 5.32 Å². The Labute approximate surface area is 89.5 Å². The molecule has 0 aromatic heterocycles. The SMILES string of the molecule is CNCC(O)CN(C)c1ccccc1F. The molecular weight excluding hydrogens is 195 g/mol. The molecule has 4 heteroatoms. The Morgan fingerprint density at radius 2 is 2.13 bits per heavy atom. The van der Waals surface area contributed by atoms with E-state index in [0.29, 0.717) is 18.8 Å². The Balaban J connectivity index is 2.61. The van der Waals surface area contributed by atoms with E-state index in [-0.39, 0.29) is 5.82 Å². The highest BCUT2D eigenvalue weighted by Gasteiger charge is 2.10. The summed E-state index contributed by atoms with van der Waals surface area (Å²) >= 11 is 0. The number of aliphatic hydroxyl groups excluding tert-OH is 1. The Kier molecular flexibility index (Phi) is 4.52. The van der Waals surface area contributed by atoms with Gasteiger partial charge in [0.1, 0.15) is 5.82 Å². The number of anilines is 1. The molecule has 1 aromatic rings. The first-order valence-corrected chi connectivity index (χ1v) is 4.93. The van der Waals surface area contributed by atoms with Crippen LogP contribution in [-0.4, -0.2) is 38.4 Å². The van der Waals surface area contributed by atoms with Crippen LogP contribution in [0.15, 0.2) is 24.3 Å². The lowest BCUT2D eigenvalue weighted by molar-refractivity contribution is 0.181. The first kappa shape index (κ1) is 11.9. The number of hydrogen-bond donors (Lipinski definition) is 2. The van der Waals surface area contributed by atoms with Gasteiger partial charge in [-0.1, -0.05) is 12.1 Å². The van der Waals surface area contributed by atoms with E-state index in [1.165, 1.54) is 6.07 Å². The summed E-state index contributed by atoms with van der Waals surface area (Å²) in [4.78, 5) is 1.71. The maximum atomic E-state index is 13.3. The van der Waals surface area contributed by atoms with E-state index in [9.17, 15) is 9.50 Å². The molecule has 15 heavy (non-hydrogen) atoms. The number of para-hydroxylation sites is 1. The molecule has 0 radical (unpaired) electrons. The molecule has 1 atom stereocenters. The van der Waals surface area contributed by atoms with E-state index in [1.807, 2.05) is 0 Å². The lowest BCUT2D eigenvalue weighted by Crippen LogP contribution is -2.35. The van der Waals surface area contributed by atoms with Crippen molar-refractivity contribution >= 4 is 5.69 Å². The predicted octanol–water partition coefficient (Wildman–Crippen LogP) is 0.842. The van der Waals surface area contributed by atoms with Crippen molar-refractivity contribution in [3.05, 3.63) is 30.1 Å². The summed E-state index contributed by atoms with van der Waals surface area (Å²) in [5.41, 5.74) is 0.507. The van der Waals surface area contributed by atoms with E-state index >= 15 is 0 Å². The highest BCUT2D eigenvalue weighted by Crippen LogP contribution is 2.16. The Morgan fingerprint density at radius 3 is 2.73 bits per heavy atom. The molecule has 1 rings (SSSR count). The lowest BCUT2D eigenvalue weighted by atomic mass is 10.2. The zero-order valence-electron chi connectivity index (χ0n) is 9.07. The fourth-order valence-corrected chi connectivity index (χ4v) is 1.48. The van der Waals surface area contributed by atoms with E-state index in [4.69, 9.17) is 0 Å². The van der Waals surface area contributed by atoms with Crippen LogP contribution in [0.2, 0.25) is 0 Å². The summed E-state index contributed by atoms with van der Waals surface area (Å²) in [5.74, 6) is -0.267. The first-order valence-electron chi connectivity index (χ1n) is 4.93. The van der Waals surface area contributed by atoms with Crippen molar-refractivity contribution in [2.75, 3.05) is 32.1 Å². The lowest BCUT2D eigenvalue weighted by Gasteiger charge is -2.22. The maximum absolute atomic E-state index is 13.3. The normalized spacial score (nSPS) is 12.5. The van der Waals surface area contributed by atoms with Gasteiger partial charge in [0.15, 0.2) is 0 Å². The topological polar surface area (TPSA) is 35.5 Å². The summed E-state index contributed by atoms with van der Waals surface area (Å²) in [5, 5.41) is 12.4. The van der Waals surface area contributed by atoms with Crippen LogP contribution in [0.3, 0.4) is 0 Å². The number of benzene rings is 1. The fraction of sp³-hybridized carbons (Fsp3) is 0.455. The first-order chi connectivity index (χ1) is 7.15. The maximum Gasteiger partial charge on any atom is 0.146 e. The zero-order valence-corrected chi connectivity index (χ0v) is 9.07. The third-order valence-corrected chi connectivity index (χ3v) is 2.19. The molecule has 2 N–H and O–H groups in total. The van der Waals surface area contributed by atoms with E-state index in [0.717, 1.165) is 0 Å². The minimum Gasteiger partial charge on any atom is -0.390 e. The summed E-state index contributed by atoms with van der Waals surface area (Å²) in [7, 11) is 3.53. The van der Waals surface area contributed by atoms with Crippen LogP contribution in [0.4, 0.5) is 10.1 Å². The van der Waals surface area contributed by atoms with Crippen molar-refractivity contribution in [3.63, 3.8) is 0 Å². The molecule has 0 bridgehead atoms. The van der Waals surface area contributed by atoms with Gasteiger partial charge in [0.2, 0.25) is 0 Å². The monoisotopic (exact) mass is 212 g/mol. The van der Waals surface area contributed by atoms with Gasteiger partial charge in [-0.2, -0.15) is 0 Å². The molecule has 0 amide bonds. The van der Waals surface area contributed by atoms with Crippen molar-refractivity contribution in [2.24, 2.45) is 0 Å². The van der Waals surface area contributed by atoms with Gasteiger partial charge in [-0.05, 0) is 19.2 Å². The number of aliphatic hydroxyl groups is 1. The molecule has 0 saturated carbocycles. The summed E-state index contributed by atoms with van der Waals surface area (Å²) in [6, 6.07) is 6.54. The molecule has 0 aliphatic rings. The van der Waals surface area contributed by atoms with Gasteiger partial charge in [-0.3, -0.25) is 0 Å². The molecule has 0 aliphatic carbocycles. The molecule has 84 valence electrons. The standard InChI is InChI=1S/C11H17FN2O/c1-13-7-9(15)8-14(2)11-6-4-3-5-10(11)12/h3-6,9,13,15H,7-8H2,1-2H3. The molecule has 0 heterocycles. The second-order valence-corrected chi connectivity index (χ2v) is 3.54. The van der Waals surface area contributed by atoms with Crippen LogP contribution in [0.25, 0.3) is 0 Å². The van der Waals surface area contributed by atoms with Crippen molar-refractivity contribution in [3.8, 4) is 0 Å². The van der Waals surface area contributed by atoms with Crippen LogP contribution < -0.4 is 10.2 Å². The van der Waals surface area contributed by atoms with Crippen molar-refractivity contribution < 1.29 is 9.50 Å². The average molecular weight is 212 g/mol. The minimum absolute atomic E-state index is 0.267. The second-order valence-electron chi connectivity index (χ2n) is 3.54. The molecule has 0 aliphatic heterocycles. The molecule has 3 nitrogen and oxygen atoms in total. The van der Waals surface area contributed by atoms with Gasteiger partial charge in [0.05, 0.1) is 11.8 Å². The summed E-state index contributed by atoms with van der Waals surface area (Å²) < 4.78 is 13.3. The average Bonchev–Trinajstić information content (AvgIpc) is 2.18. The molecule has 0 fully saturated rings. The number of hydrogen-bond acceptors (Lipinski definition) is 3. The van der Waals surface area contributed by atoms with Gasteiger partial charge >= 0.3 is 0 Å². The smallest absolute Gasteiger partial charge is 0.146 e. The number of likely N-dealkylation sites (N-methyl/N-ethyl adjacent to an activating group) is 2. The third kappa shape index (κ3) is 3.49. The summed E-state index contributed by atoms with van der Waals surface area (Å²) in [6.07, 6.45) is -0.500. The number of halogens is 1. The molecule has 1 unspecified atom stereocenters. The van der Waals surface area contributed by atoms with Gasteiger partial charge in [0.25, 0.3) is 0 Å². The van der Waals surface area contributed by atoms with Gasteiger partial charge in [-0.15, -0.1) is 0 Å². The Hall–Kier alpha value is -1.13. The van der Waals surface area contributed by atoms with Crippen LogP contribution in [0.1, 0.15) is 0 Å². The number of nitrogens with zero attached hydrogens (tertiary/aromatic N) is 1. The number of nitrogens with one attached hydrogen (secondary N) is 1. The fourth-order valence-electron chi connectivity index (χ4n) is 1.48. The third-order valence-electron chi connectivity index (χ3n) is 2.19. The Bertz CT molecular complexity index is 306. The zero-order chi connectivity index (χ0) is 11.3. The van der Waals surface area contributed by atoms with Gasteiger partial charge in [0, 0.05) is 20.1 Å². The van der Waals surface area contributed by atoms with Crippen LogP contribution in [-0.2, 0) is 0 Å². The van der Waals surface area contributed by atoms with Crippen LogP contribution in [0, 0.1) is 5.82 Å². The minimum atomic E-state index is -0.500. The van der Waals surface area contributed by atoms with E-state index in [2.05, 4.69) is 5.32 Å². The van der Waals surface area contributed by atoms with Gasteiger partial charge < -0.3 is 15.3 Å². The van der Waals surface area contributed by atoms with Crippen LogP contribution in [0.5, 0.6) is 0 Å². The number of rotatable bonds is 5. The van der Waals surface area contributed by atoms with E-state index < -0.39 is 6.10 Å².